The Morgan fingerprint density at radius 3 is 2.56 bits per heavy atom. The molecular weight excluding hydrogens is 126 g/mol. The third-order valence-corrected chi connectivity index (χ3v) is 0.676. The molecule has 5 nitrogen and oxygen atoms in total. The first-order valence-corrected chi connectivity index (χ1v) is 2.29. The summed E-state index contributed by atoms with van der Waals surface area (Å²) in [6, 6.07) is 0. The summed E-state index contributed by atoms with van der Waals surface area (Å²) in [6.45, 7) is -0.168. The van der Waals surface area contributed by atoms with Crippen molar-refractivity contribution < 1.29 is 19.9 Å². The summed E-state index contributed by atoms with van der Waals surface area (Å²) in [5.41, 5.74) is 0. The van der Waals surface area contributed by atoms with Crippen LogP contribution in [0.4, 0.5) is 0 Å². The minimum Gasteiger partial charge on any atom is -0.481 e. The molecule has 0 aromatic rings. The van der Waals surface area contributed by atoms with Gasteiger partial charge < -0.3 is 5.11 Å². The van der Waals surface area contributed by atoms with E-state index in [1.807, 2.05) is 0 Å². The number of carbonyl (C=O) groups is 2. The molecule has 9 heavy (non-hydrogen) atoms. The lowest BCUT2D eigenvalue weighted by atomic mass is 10.4. The molecule has 0 rings (SSSR count). The fourth-order valence-corrected chi connectivity index (χ4v) is 0.263. The number of hydrogen-bond donors (Lipinski definition) is 2. The Labute approximate surface area is 51.5 Å². The fraction of sp³-hybridized carbons (Fsp3) is 0.500. The Kier molecular flexibility index (Phi) is 3.38. The molecule has 0 aromatic carbocycles. The van der Waals surface area contributed by atoms with Crippen molar-refractivity contribution in [2.45, 2.75) is 6.42 Å². The van der Waals surface area contributed by atoms with Crippen LogP contribution in [0.1, 0.15) is 6.42 Å². The van der Waals surface area contributed by atoms with Crippen molar-refractivity contribution in [3.8, 4) is 0 Å². The number of hydrogen-bond acceptors (Lipinski definition) is 3. The summed E-state index contributed by atoms with van der Waals surface area (Å²) in [4.78, 5) is 19.4. The minimum absolute atomic E-state index is 0.156. The topological polar surface area (TPSA) is 77.8 Å². The zero-order valence-corrected chi connectivity index (χ0v) is 4.65. The van der Waals surface area contributed by atoms with Gasteiger partial charge >= 0.3 is 5.97 Å². The van der Waals surface area contributed by atoms with Crippen LogP contribution in [0, 0.1) is 0 Å². The second kappa shape index (κ2) is 3.85. The molecular formula is C4H7NO4. The molecule has 2 N–H and O–H groups in total. The zero-order valence-electron chi connectivity index (χ0n) is 4.65. The van der Waals surface area contributed by atoms with E-state index in [2.05, 4.69) is 0 Å². The average molecular weight is 133 g/mol. The Hall–Kier alpha value is -1.10. The standard InChI is InChI=1S/C4H7NO4/c6-3-5(9)2-1-4(7)8/h3,9H,1-2H2,(H,7,8). The third-order valence-electron chi connectivity index (χ3n) is 0.676. The van der Waals surface area contributed by atoms with Crippen LogP contribution in [0.5, 0.6) is 0 Å². The van der Waals surface area contributed by atoms with Crippen molar-refractivity contribution in [1.82, 2.24) is 5.06 Å². The zero-order chi connectivity index (χ0) is 7.28. The van der Waals surface area contributed by atoms with E-state index in [1.54, 1.807) is 0 Å². The summed E-state index contributed by atoms with van der Waals surface area (Å²) >= 11 is 0. The van der Waals surface area contributed by atoms with Crippen LogP contribution in [0.3, 0.4) is 0 Å². The molecule has 0 fully saturated rings. The highest BCUT2D eigenvalue weighted by Gasteiger charge is 1.99. The van der Waals surface area contributed by atoms with E-state index in [0.717, 1.165) is 0 Å². The van der Waals surface area contributed by atoms with Crippen LogP contribution in [0.25, 0.3) is 0 Å². The number of rotatable bonds is 4. The van der Waals surface area contributed by atoms with E-state index in [-0.39, 0.29) is 24.4 Å². The largest absolute Gasteiger partial charge is 0.481 e. The molecule has 0 unspecified atom stereocenters. The molecule has 0 heterocycles. The van der Waals surface area contributed by atoms with Gasteiger partial charge in [0, 0.05) is 0 Å². The average Bonchev–Trinajstić information content (AvgIpc) is 1.83. The Balaban J connectivity index is 3.26. The molecule has 0 aliphatic heterocycles. The lowest BCUT2D eigenvalue weighted by Gasteiger charge is -2.03. The van der Waals surface area contributed by atoms with E-state index in [1.165, 1.54) is 0 Å². The maximum absolute atomic E-state index is 9.77. The van der Waals surface area contributed by atoms with Gasteiger partial charge in [0.15, 0.2) is 0 Å². The van der Waals surface area contributed by atoms with E-state index in [9.17, 15) is 9.59 Å². The second-order valence-corrected chi connectivity index (χ2v) is 1.41. The maximum Gasteiger partial charge on any atom is 0.305 e. The van der Waals surface area contributed by atoms with E-state index < -0.39 is 5.97 Å². The van der Waals surface area contributed by atoms with Gasteiger partial charge in [0.2, 0.25) is 6.41 Å². The molecule has 0 spiro atoms. The van der Waals surface area contributed by atoms with Gasteiger partial charge in [0.1, 0.15) is 0 Å². The summed E-state index contributed by atoms with van der Waals surface area (Å²) in [7, 11) is 0. The first-order chi connectivity index (χ1) is 4.16. The molecule has 0 bridgehead atoms. The van der Waals surface area contributed by atoms with Gasteiger partial charge in [-0.3, -0.25) is 14.8 Å². The number of carboxylic acids is 1. The van der Waals surface area contributed by atoms with Crippen molar-refractivity contribution in [3.05, 3.63) is 0 Å². The molecule has 0 aliphatic carbocycles. The van der Waals surface area contributed by atoms with Crippen LogP contribution in [0.2, 0.25) is 0 Å². The number of hydroxylamine groups is 2. The van der Waals surface area contributed by atoms with Gasteiger partial charge in [-0.05, 0) is 0 Å². The van der Waals surface area contributed by atoms with Crippen molar-refractivity contribution in [2.24, 2.45) is 0 Å². The van der Waals surface area contributed by atoms with Crippen molar-refractivity contribution in [1.29, 1.82) is 0 Å². The highest BCUT2D eigenvalue weighted by molar-refractivity contribution is 5.67. The van der Waals surface area contributed by atoms with Crippen LogP contribution in [-0.4, -0.2) is 34.3 Å². The highest BCUT2D eigenvalue weighted by Crippen LogP contribution is 1.81. The normalized spacial score (nSPS) is 8.56. The van der Waals surface area contributed by atoms with E-state index in [0.29, 0.717) is 0 Å². The monoisotopic (exact) mass is 133 g/mol. The van der Waals surface area contributed by atoms with Crippen LogP contribution < -0.4 is 0 Å². The third kappa shape index (κ3) is 4.76. The van der Waals surface area contributed by atoms with Gasteiger partial charge in [-0.1, -0.05) is 0 Å². The van der Waals surface area contributed by atoms with Gasteiger partial charge in [0.25, 0.3) is 0 Å². The van der Waals surface area contributed by atoms with Gasteiger partial charge in [-0.25, -0.2) is 5.06 Å². The smallest absolute Gasteiger partial charge is 0.305 e. The van der Waals surface area contributed by atoms with Crippen molar-refractivity contribution in [2.75, 3.05) is 6.54 Å². The molecule has 0 aromatic heterocycles. The molecule has 5 heteroatoms. The van der Waals surface area contributed by atoms with Crippen molar-refractivity contribution in [3.63, 3.8) is 0 Å². The Morgan fingerprint density at radius 2 is 2.22 bits per heavy atom. The number of carbonyl (C=O) groups excluding carboxylic acids is 1. The first-order valence-electron chi connectivity index (χ1n) is 2.29. The quantitative estimate of drug-likeness (QED) is 0.302. The molecule has 0 radical (unpaired) electrons. The van der Waals surface area contributed by atoms with E-state index in [4.69, 9.17) is 10.3 Å². The van der Waals surface area contributed by atoms with Gasteiger partial charge in [-0.2, -0.15) is 0 Å². The SMILES string of the molecule is O=CN(O)CCC(=O)O. The summed E-state index contributed by atoms with van der Waals surface area (Å²) in [5, 5.41) is 16.6. The van der Waals surface area contributed by atoms with Crippen LogP contribution in [-0.2, 0) is 9.59 Å². The van der Waals surface area contributed by atoms with E-state index >= 15 is 0 Å². The maximum atomic E-state index is 9.77. The Morgan fingerprint density at radius 1 is 1.67 bits per heavy atom. The number of carboxylic acid groups (broad SMARTS) is 1. The predicted molar refractivity (Wildman–Crippen MR) is 26.8 cm³/mol. The molecule has 0 saturated carbocycles. The highest BCUT2D eigenvalue weighted by atomic mass is 16.5. The number of nitrogens with zero attached hydrogens (tertiary/aromatic N) is 1. The number of aliphatic carboxylic acids is 1. The fourth-order valence-electron chi connectivity index (χ4n) is 0.263. The first kappa shape index (κ1) is 7.90. The molecule has 0 atom stereocenters. The minimum atomic E-state index is -1.05. The predicted octanol–water partition coefficient (Wildman–Crippen LogP) is -0.691. The molecule has 0 aliphatic rings. The summed E-state index contributed by atoms with van der Waals surface area (Å²) < 4.78 is 0. The lowest BCUT2D eigenvalue weighted by molar-refractivity contribution is -0.153. The second-order valence-electron chi connectivity index (χ2n) is 1.41. The molecule has 1 amide bonds. The molecule has 0 saturated heterocycles. The Bertz CT molecular complexity index is 113. The summed E-state index contributed by atoms with van der Waals surface area (Å²) in [6.07, 6.45) is -0.0851. The van der Waals surface area contributed by atoms with Crippen LogP contribution in [0.15, 0.2) is 0 Å². The lowest BCUT2D eigenvalue weighted by Crippen LogP contribution is -2.20. The van der Waals surface area contributed by atoms with Gasteiger partial charge in [-0.15, -0.1) is 0 Å². The van der Waals surface area contributed by atoms with Gasteiger partial charge in [0.05, 0.1) is 13.0 Å². The summed E-state index contributed by atoms with van der Waals surface area (Å²) in [5.74, 6) is -1.05. The molecule has 52 valence electrons. The van der Waals surface area contributed by atoms with Crippen LogP contribution >= 0.6 is 0 Å². The number of amides is 1. The van der Waals surface area contributed by atoms with Crippen molar-refractivity contribution >= 4 is 12.4 Å².